The molecular formula is C21H20FN5O2. The summed E-state index contributed by atoms with van der Waals surface area (Å²) in [5.74, 6) is 0.632. The number of pyridine rings is 2. The molecule has 7 nitrogen and oxygen atoms in total. The zero-order valence-electron chi connectivity index (χ0n) is 16.4. The highest BCUT2D eigenvalue weighted by Crippen LogP contribution is 2.35. The van der Waals surface area contributed by atoms with E-state index in [2.05, 4.69) is 25.4 Å². The zero-order valence-corrected chi connectivity index (χ0v) is 16.4. The number of halogens is 1. The Kier molecular flexibility index (Phi) is 5.18. The smallest absolute Gasteiger partial charge is 0.261 e. The summed E-state index contributed by atoms with van der Waals surface area (Å²) in [5.41, 5.74) is 4.09. The molecule has 3 heterocycles. The highest BCUT2D eigenvalue weighted by Gasteiger charge is 2.18. The number of aromatic nitrogens is 4. The van der Waals surface area contributed by atoms with Crippen LogP contribution in [0.4, 0.5) is 15.8 Å². The van der Waals surface area contributed by atoms with Gasteiger partial charge in [0.1, 0.15) is 5.82 Å². The van der Waals surface area contributed by atoms with E-state index in [0.29, 0.717) is 41.5 Å². The molecule has 3 aromatic heterocycles. The summed E-state index contributed by atoms with van der Waals surface area (Å²) in [4.78, 5) is 13.4. The summed E-state index contributed by atoms with van der Waals surface area (Å²) >= 11 is 0. The Morgan fingerprint density at radius 3 is 2.79 bits per heavy atom. The van der Waals surface area contributed by atoms with Crippen molar-refractivity contribution < 1.29 is 13.7 Å². The average Bonchev–Trinajstić information content (AvgIpc) is 3.18. The Labute approximate surface area is 167 Å². The van der Waals surface area contributed by atoms with E-state index in [1.807, 2.05) is 19.1 Å². The van der Waals surface area contributed by atoms with Crippen molar-refractivity contribution in [2.24, 2.45) is 0 Å². The van der Waals surface area contributed by atoms with Crippen molar-refractivity contribution in [2.45, 2.75) is 20.3 Å². The van der Waals surface area contributed by atoms with E-state index in [1.54, 1.807) is 32.4 Å². The molecule has 1 aromatic carbocycles. The number of anilines is 2. The predicted molar refractivity (Wildman–Crippen MR) is 108 cm³/mol. The van der Waals surface area contributed by atoms with Crippen LogP contribution in [-0.2, 0) is 11.2 Å². The number of nitrogens with one attached hydrogen (secondary N) is 1. The summed E-state index contributed by atoms with van der Waals surface area (Å²) < 4.78 is 24.2. The molecular weight excluding hydrogens is 373 g/mol. The van der Waals surface area contributed by atoms with Crippen LogP contribution < -0.4 is 5.32 Å². The van der Waals surface area contributed by atoms with Crippen LogP contribution in [0.3, 0.4) is 0 Å². The second-order valence-electron chi connectivity index (χ2n) is 6.72. The van der Waals surface area contributed by atoms with E-state index < -0.39 is 0 Å². The van der Waals surface area contributed by atoms with Gasteiger partial charge in [-0.2, -0.15) is 4.98 Å². The van der Waals surface area contributed by atoms with E-state index in [-0.39, 0.29) is 5.82 Å². The van der Waals surface area contributed by atoms with Gasteiger partial charge in [0.15, 0.2) is 11.5 Å². The molecule has 0 bridgehead atoms. The molecule has 0 amide bonds. The minimum absolute atomic E-state index is 0.257. The van der Waals surface area contributed by atoms with Gasteiger partial charge in [-0.3, -0.25) is 0 Å². The maximum absolute atomic E-state index is 13.7. The van der Waals surface area contributed by atoms with Gasteiger partial charge in [-0.1, -0.05) is 5.16 Å². The molecule has 0 saturated carbocycles. The van der Waals surface area contributed by atoms with Crippen molar-refractivity contribution in [1.29, 1.82) is 0 Å². The van der Waals surface area contributed by atoms with Crippen LogP contribution in [0.5, 0.6) is 0 Å². The third-order valence-corrected chi connectivity index (χ3v) is 4.52. The molecule has 0 spiro atoms. The Morgan fingerprint density at radius 2 is 2.00 bits per heavy atom. The zero-order chi connectivity index (χ0) is 20.4. The summed E-state index contributed by atoms with van der Waals surface area (Å²) in [7, 11) is 1.62. The highest BCUT2D eigenvalue weighted by molar-refractivity contribution is 5.98. The standard InChI is InChI=1S/C21H20FN5O2/c1-12-10-14(5-7-17(12)22)25-19-15-6-4-13(2)24-20(15)23-11-16(19)21-26-18(27-29-21)8-9-28-3/h4-7,10-11H,8-9H2,1-3H3,(H,23,24,25). The van der Waals surface area contributed by atoms with E-state index in [9.17, 15) is 4.39 Å². The van der Waals surface area contributed by atoms with Crippen LogP contribution in [0, 0.1) is 19.7 Å². The Balaban J connectivity index is 1.83. The minimum atomic E-state index is -0.257. The number of hydrogen-bond acceptors (Lipinski definition) is 7. The molecule has 4 aromatic rings. The van der Waals surface area contributed by atoms with Crippen molar-refractivity contribution in [3.8, 4) is 11.5 Å². The normalized spacial score (nSPS) is 11.2. The van der Waals surface area contributed by atoms with E-state index in [4.69, 9.17) is 9.26 Å². The van der Waals surface area contributed by atoms with Crippen molar-refractivity contribution in [2.75, 3.05) is 19.0 Å². The van der Waals surface area contributed by atoms with Crippen molar-refractivity contribution in [3.63, 3.8) is 0 Å². The molecule has 29 heavy (non-hydrogen) atoms. The summed E-state index contributed by atoms with van der Waals surface area (Å²) in [5, 5.41) is 8.16. The number of benzene rings is 1. The largest absolute Gasteiger partial charge is 0.384 e. The van der Waals surface area contributed by atoms with Gasteiger partial charge in [0.2, 0.25) is 0 Å². The van der Waals surface area contributed by atoms with Gasteiger partial charge >= 0.3 is 0 Å². The molecule has 0 unspecified atom stereocenters. The van der Waals surface area contributed by atoms with E-state index in [0.717, 1.165) is 22.5 Å². The number of rotatable bonds is 6. The first kappa shape index (κ1) is 18.9. The lowest BCUT2D eigenvalue weighted by Gasteiger charge is -2.13. The third kappa shape index (κ3) is 3.93. The van der Waals surface area contributed by atoms with Crippen molar-refractivity contribution in [1.82, 2.24) is 20.1 Å². The molecule has 0 atom stereocenters. The number of fused-ring (bicyclic) bond motifs is 1. The SMILES string of the molecule is COCCc1noc(-c2cnc3nc(C)ccc3c2Nc2ccc(F)c(C)c2)n1. The second kappa shape index (κ2) is 7.92. The molecule has 0 radical (unpaired) electrons. The minimum Gasteiger partial charge on any atom is -0.384 e. The summed E-state index contributed by atoms with van der Waals surface area (Å²) in [6, 6.07) is 8.70. The quantitative estimate of drug-likeness (QED) is 0.521. The number of nitrogens with zero attached hydrogens (tertiary/aromatic N) is 4. The molecule has 0 fully saturated rings. The van der Waals surface area contributed by atoms with Crippen LogP contribution in [0.2, 0.25) is 0 Å². The number of hydrogen-bond donors (Lipinski definition) is 1. The maximum Gasteiger partial charge on any atom is 0.261 e. The van der Waals surface area contributed by atoms with E-state index in [1.165, 1.54) is 6.07 Å². The van der Waals surface area contributed by atoms with Crippen LogP contribution in [0.15, 0.2) is 41.1 Å². The van der Waals surface area contributed by atoms with Crippen LogP contribution >= 0.6 is 0 Å². The molecule has 8 heteroatoms. The average molecular weight is 393 g/mol. The fraction of sp³-hybridized carbons (Fsp3) is 0.238. The van der Waals surface area contributed by atoms with Gasteiger partial charge < -0.3 is 14.6 Å². The number of methoxy groups -OCH3 is 1. The first-order valence-corrected chi connectivity index (χ1v) is 9.16. The Hall–Kier alpha value is -3.39. The lowest BCUT2D eigenvalue weighted by molar-refractivity contribution is 0.199. The summed E-state index contributed by atoms with van der Waals surface area (Å²) in [6.45, 7) is 4.13. The van der Waals surface area contributed by atoms with Gasteiger partial charge in [0.05, 0.1) is 17.9 Å². The van der Waals surface area contributed by atoms with Gasteiger partial charge in [-0.25, -0.2) is 14.4 Å². The number of ether oxygens (including phenoxy) is 1. The van der Waals surface area contributed by atoms with Crippen LogP contribution in [-0.4, -0.2) is 33.8 Å². The molecule has 0 aliphatic heterocycles. The number of aryl methyl sites for hydroxylation is 2. The molecule has 1 N–H and O–H groups in total. The fourth-order valence-electron chi connectivity index (χ4n) is 2.99. The molecule has 0 aliphatic rings. The topological polar surface area (TPSA) is 86.0 Å². The maximum atomic E-state index is 13.7. The second-order valence-corrected chi connectivity index (χ2v) is 6.72. The molecule has 148 valence electrons. The monoisotopic (exact) mass is 393 g/mol. The predicted octanol–water partition coefficient (Wildman–Crippen LogP) is 4.37. The highest BCUT2D eigenvalue weighted by atomic mass is 19.1. The Bertz CT molecular complexity index is 1180. The summed E-state index contributed by atoms with van der Waals surface area (Å²) in [6.07, 6.45) is 2.20. The van der Waals surface area contributed by atoms with Gasteiger partial charge in [-0.15, -0.1) is 0 Å². The Morgan fingerprint density at radius 1 is 1.14 bits per heavy atom. The lowest BCUT2D eigenvalue weighted by atomic mass is 10.1. The first-order valence-electron chi connectivity index (χ1n) is 9.16. The lowest BCUT2D eigenvalue weighted by Crippen LogP contribution is -2.00. The first-order chi connectivity index (χ1) is 14.0. The molecule has 0 aliphatic carbocycles. The van der Waals surface area contributed by atoms with Gasteiger partial charge in [0, 0.05) is 36.5 Å². The van der Waals surface area contributed by atoms with E-state index >= 15 is 0 Å². The fourth-order valence-corrected chi connectivity index (χ4v) is 2.99. The van der Waals surface area contributed by atoms with Gasteiger partial charge in [-0.05, 0) is 49.7 Å². The van der Waals surface area contributed by atoms with Gasteiger partial charge in [0.25, 0.3) is 5.89 Å². The van der Waals surface area contributed by atoms with Crippen molar-refractivity contribution >= 4 is 22.4 Å². The third-order valence-electron chi connectivity index (χ3n) is 4.52. The molecule has 0 saturated heterocycles. The van der Waals surface area contributed by atoms with Crippen LogP contribution in [0.1, 0.15) is 17.1 Å². The molecule has 4 rings (SSSR count). The van der Waals surface area contributed by atoms with Crippen LogP contribution in [0.25, 0.3) is 22.5 Å². The van der Waals surface area contributed by atoms with Crippen molar-refractivity contribution in [3.05, 3.63) is 59.4 Å².